The molecule has 0 fully saturated rings. The Kier molecular flexibility index (Phi) is 5.74. The SMILES string of the molecule is CCCCn1c(N)c(N(CC)C(=O)c2ccc(F)cc2)c(=O)[nH]c1=O. The van der Waals surface area contributed by atoms with E-state index in [0.717, 1.165) is 18.6 Å². The number of amides is 1. The highest BCUT2D eigenvalue weighted by atomic mass is 19.1. The number of carbonyl (C=O) groups is 1. The van der Waals surface area contributed by atoms with Crippen molar-refractivity contribution < 1.29 is 9.18 Å². The maximum atomic E-state index is 13.1. The zero-order chi connectivity index (χ0) is 18.6. The van der Waals surface area contributed by atoms with Gasteiger partial charge in [-0.2, -0.15) is 0 Å². The molecular formula is C17H21FN4O3. The molecule has 0 aliphatic heterocycles. The van der Waals surface area contributed by atoms with E-state index in [4.69, 9.17) is 5.73 Å². The summed E-state index contributed by atoms with van der Waals surface area (Å²) in [5, 5.41) is 0. The molecule has 0 bridgehead atoms. The number of rotatable bonds is 6. The largest absolute Gasteiger partial charge is 0.383 e. The lowest BCUT2D eigenvalue weighted by molar-refractivity contribution is 0.0988. The number of halogens is 1. The first-order valence-corrected chi connectivity index (χ1v) is 8.10. The summed E-state index contributed by atoms with van der Waals surface area (Å²) in [7, 11) is 0. The molecule has 0 radical (unpaired) electrons. The van der Waals surface area contributed by atoms with Crippen LogP contribution in [-0.4, -0.2) is 22.0 Å². The Labute approximate surface area is 143 Å². The van der Waals surface area contributed by atoms with E-state index in [9.17, 15) is 18.8 Å². The minimum atomic E-state index is -0.729. The smallest absolute Gasteiger partial charge is 0.330 e. The zero-order valence-electron chi connectivity index (χ0n) is 14.2. The van der Waals surface area contributed by atoms with Gasteiger partial charge in [-0.25, -0.2) is 9.18 Å². The number of unbranched alkanes of at least 4 members (excludes halogenated alkanes) is 1. The molecule has 0 aliphatic carbocycles. The van der Waals surface area contributed by atoms with Crippen molar-refractivity contribution in [1.29, 1.82) is 0 Å². The van der Waals surface area contributed by atoms with Gasteiger partial charge in [0.25, 0.3) is 11.5 Å². The van der Waals surface area contributed by atoms with Crippen LogP contribution in [0.25, 0.3) is 0 Å². The van der Waals surface area contributed by atoms with Crippen molar-refractivity contribution in [2.45, 2.75) is 33.2 Å². The molecule has 0 spiro atoms. The maximum absolute atomic E-state index is 13.1. The number of aromatic nitrogens is 2. The number of nitrogens with one attached hydrogen (secondary N) is 1. The first-order chi connectivity index (χ1) is 11.9. The van der Waals surface area contributed by atoms with E-state index in [-0.39, 0.29) is 23.6 Å². The van der Waals surface area contributed by atoms with Gasteiger partial charge in [-0.3, -0.25) is 19.1 Å². The van der Waals surface area contributed by atoms with Gasteiger partial charge < -0.3 is 10.6 Å². The highest BCUT2D eigenvalue weighted by molar-refractivity contribution is 6.07. The third kappa shape index (κ3) is 3.78. The minimum absolute atomic E-state index is 0.0560. The molecule has 134 valence electrons. The number of carbonyl (C=O) groups excluding carboxylic acids is 1. The van der Waals surface area contributed by atoms with Crippen LogP contribution in [-0.2, 0) is 6.54 Å². The van der Waals surface area contributed by atoms with E-state index in [2.05, 4.69) is 4.98 Å². The molecule has 7 nitrogen and oxygen atoms in total. The lowest BCUT2D eigenvalue weighted by Crippen LogP contribution is -2.41. The van der Waals surface area contributed by atoms with Crippen LogP contribution in [0.5, 0.6) is 0 Å². The van der Waals surface area contributed by atoms with Gasteiger partial charge in [0.15, 0.2) is 5.69 Å². The Hall–Kier alpha value is -2.90. The fraction of sp³-hybridized carbons (Fsp3) is 0.353. The monoisotopic (exact) mass is 348 g/mol. The zero-order valence-corrected chi connectivity index (χ0v) is 14.2. The van der Waals surface area contributed by atoms with Crippen LogP contribution in [0.15, 0.2) is 33.9 Å². The van der Waals surface area contributed by atoms with Gasteiger partial charge in [-0.15, -0.1) is 0 Å². The summed E-state index contributed by atoms with van der Waals surface area (Å²) in [6.07, 6.45) is 1.54. The number of nitrogens with zero attached hydrogens (tertiary/aromatic N) is 2. The molecule has 1 heterocycles. The van der Waals surface area contributed by atoms with Crippen molar-refractivity contribution in [1.82, 2.24) is 9.55 Å². The molecule has 2 aromatic rings. The minimum Gasteiger partial charge on any atom is -0.383 e. The average molecular weight is 348 g/mol. The van der Waals surface area contributed by atoms with E-state index in [1.807, 2.05) is 6.92 Å². The summed E-state index contributed by atoms with van der Waals surface area (Å²) in [5.41, 5.74) is 4.84. The van der Waals surface area contributed by atoms with Crippen LogP contribution in [0, 0.1) is 5.82 Å². The van der Waals surface area contributed by atoms with Crippen molar-refractivity contribution in [3.63, 3.8) is 0 Å². The molecule has 1 amide bonds. The van der Waals surface area contributed by atoms with Crippen molar-refractivity contribution in [2.24, 2.45) is 0 Å². The quantitative estimate of drug-likeness (QED) is 0.830. The predicted octanol–water partition coefficient (Wildman–Crippen LogP) is 1.72. The Morgan fingerprint density at radius 3 is 2.44 bits per heavy atom. The topological polar surface area (TPSA) is 101 Å². The summed E-state index contributed by atoms with van der Waals surface area (Å²) in [6.45, 7) is 4.15. The second kappa shape index (κ2) is 7.78. The third-order valence-corrected chi connectivity index (χ3v) is 3.87. The van der Waals surface area contributed by atoms with Gasteiger partial charge in [0, 0.05) is 18.7 Å². The van der Waals surface area contributed by atoms with Gasteiger partial charge in [0.1, 0.15) is 11.6 Å². The van der Waals surface area contributed by atoms with Crippen molar-refractivity contribution >= 4 is 17.4 Å². The van der Waals surface area contributed by atoms with E-state index in [1.54, 1.807) is 6.92 Å². The van der Waals surface area contributed by atoms with Gasteiger partial charge in [0.2, 0.25) is 0 Å². The maximum Gasteiger partial charge on any atom is 0.330 e. The lowest BCUT2D eigenvalue weighted by atomic mass is 10.2. The number of nitrogens with two attached hydrogens (primary N) is 1. The van der Waals surface area contributed by atoms with Gasteiger partial charge >= 0.3 is 5.69 Å². The predicted molar refractivity (Wildman–Crippen MR) is 94.4 cm³/mol. The lowest BCUT2D eigenvalue weighted by Gasteiger charge is -2.23. The summed E-state index contributed by atoms with van der Waals surface area (Å²) in [4.78, 5) is 40.4. The molecular weight excluding hydrogens is 327 g/mol. The first kappa shape index (κ1) is 18.4. The summed E-state index contributed by atoms with van der Waals surface area (Å²) < 4.78 is 14.3. The Bertz CT molecular complexity index is 871. The van der Waals surface area contributed by atoms with Crippen molar-refractivity contribution in [2.75, 3.05) is 17.2 Å². The number of benzene rings is 1. The summed E-state index contributed by atoms with van der Waals surface area (Å²) in [5.74, 6) is -1.02. The van der Waals surface area contributed by atoms with Crippen LogP contribution in [0.4, 0.5) is 15.9 Å². The Morgan fingerprint density at radius 2 is 1.88 bits per heavy atom. The molecule has 2 rings (SSSR count). The van der Waals surface area contributed by atoms with E-state index < -0.39 is 23.0 Å². The summed E-state index contributed by atoms with van der Waals surface area (Å²) in [6, 6.07) is 4.99. The molecule has 3 N–H and O–H groups in total. The molecule has 0 saturated heterocycles. The number of anilines is 2. The number of nitrogen functional groups attached to an aromatic ring is 1. The van der Waals surface area contributed by atoms with E-state index >= 15 is 0 Å². The van der Waals surface area contributed by atoms with Gasteiger partial charge in [-0.1, -0.05) is 13.3 Å². The molecule has 8 heteroatoms. The van der Waals surface area contributed by atoms with Gasteiger partial charge in [-0.05, 0) is 37.6 Å². The third-order valence-electron chi connectivity index (χ3n) is 3.87. The standard InChI is InChI=1S/C17H21FN4O3/c1-3-5-10-22-14(19)13(15(23)20-17(22)25)21(4-2)16(24)11-6-8-12(18)9-7-11/h6-9H,3-5,10,19H2,1-2H3,(H,20,23,25). The van der Waals surface area contributed by atoms with E-state index in [1.165, 1.54) is 21.6 Å². The first-order valence-electron chi connectivity index (χ1n) is 8.10. The second-order valence-electron chi connectivity index (χ2n) is 5.55. The van der Waals surface area contributed by atoms with Crippen LogP contribution < -0.4 is 21.9 Å². The molecule has 0 unspecified atom stereocenters. The normalized spacial score (nSPS) is 10.7. The van der Waals surface area contributed by atoms with Crippen LogP contribution in [0.3, 0.4) is 0 Å². The van der Waals surface area contributed by atoms with Gasteiger partial charge in [0.05, 0.1) is 0 Å². The summed E-state index contributed by atoms with van der Waals surface area (Å²) >= 11 is 0. The molecule has 0 aliphatic rings. The Morgan fingerprint density at radius 1 is 1.24 bits per heavy atom. The number of H-pyrrole nitrogens is 1. The van der Waals surface area contributed by atoms with Crippen LogP contribution >= 0.6 is 0 Å². The van der Waals surface area contributed by atoms with Crippen LogP contribution in [0.1, 0.15) is 37.0 Å². The molecule has 1 aromatic carbocycles. The number of aromatic amines is 1. The van der Waals surface area contributed by atoms with Crippen molar-refractivity contribution in [3.05, 3.63) is 56.5 Å². The fourth-order valence-electron chi connectivity index (χ4n) is 2.53. The molecule has 0 saturated carbocycles. The second-order valence-corrected chi connectivity index (χ2v) is 5.55. The van der Waals surface area contributed by atoms with E-state index in [0.29, 0.717) is 13.0 Å². The molecule has 0 atom stereocenters. The van der Waals surface area contributed by atoms with Crippen LogP contribution in [0.2, 0.25) is 0 Å². The molecule has 25 heavy (non-hydrogen) atoms. The average Bonchev–Trinajstić information content (AvgIpc) is 2.58. The van der Waals surface area contributed by atoms with Crippen molar-refractivity contribution in [3.8, 4) is 0 Å². The highest BCUT2D eigenvalue weighted by Gasteiger charge is 2.23. The molecule has 1 aromatic heterocycles. The number of hydrogen-bond acceptors (Lipinski definition) is 4. The highest BCUT2D eigenvalue weighted by Crippen LogP contribution is 2.19. The Balaban J connectivity index is 2.53. The number of hydrogen-bond donors (Lipinski definition) is 2. The fourth-order valence-corrected chi connectivity index (χ4v) is 2.53.